The first-order valence-electron chi connectivity index (χ1n) is 4.00. The summed E-state index contributed by atoms with van der Waals surface area (Å²) in [6.07, 6.45) is 0. The molecule has 1 amide bonds. The van der Waals surface area contributed by atoms with E-state index in [0.29, 0.717) is 21.1 Å². The van der Waals surface area contributed by atoms with E-state index in [-0.39, 0.29) is 5.91 Å². The molecule has 0 aromatic carbocycles. The zero-order chi connectivity index (χ0) is 10.8. The lowest BCUT2D eigenvalue weighted by Gasteiger charge is -1.97. The Morgan fingerprint density at radius 3 is 3.00 bits per heavy atom. The molecule has 15 heavy (non-hydrogen) atoms. The lowest BCUT2D eigenvalue weighted by molar-refractivity contribution is 0.102. The fourth-order valence-electron chi connectivity index (χ4n) is 1.06. The lowest BCUT2D eigenvalue weighted by atomic mass is 10.2. The molecule has 0 radical (unpaired) electrons. The second kappa shape index (κ2) is 4.11. The van der Waals surface area contributed by atoms with Gasteiger partial charge in [0.05, 0.1) is 5.56 Å². The van der Waals surface area contributed by atoms with Crippen molar-refractivity contribution in [3.63, 3.8) is 0 Å². The Labute approximate surface area is 97.6 Å². The van der Waals surface area contributed by atoms with Crippen molar-refractivity contribution in [2.24, 2.45) is 0 Å². The van der Waals surface area contributed by atoms with Gasteiger partial charge in [0, 0.05) is 6.07 Å². The second-order valence-corrected chi connectivity index (χ2v) is 4.33. The lowest BCUT2D eigenvalue weighted by Crippen LogP contribution is -2.11. The number of rotatable bonds is 2. The van der Waals surface area contributed by atoms with Crippen LogP contribution in [0.5, 0.6) is 0 Å². The van der Waals surface area contributed by atoms with Crippen molar-refractivity contribution in [2.75, 3.05) is 5.32 Å². The van der Waals surface area contributed by atoms with Crippen LogP contribution in [0.3, 0.4) is 0 Å². The van der Waals surface area contributed by atoms with E-state index < -0.39 is 0 Å². The number of hydrogen-bond donors (Lipinski definition) is 1. The van der Waals surface area contributed by atoms with Gasteiger partial charge in [0.25, 0.3) is 5.91 Å². The molecule has 0 aliphatic rings. The largest absolute Gasteiger partial charge is 0.454 e. The highest BCUT2D eigenvalue weighted by Crippen LogP contribution is 2.20. The summed E-state index contributed by atoms with van der Waals surface area (Å²) < 4.78 is 5.71. The van der Waals surface area contributed by atoms with Crippen molar-refractivity contribution in [3.05, 3.63) is 27.6 Å². The molecule has 2 aromatic heterocycles. The maximum absolute atomic E-state index is 11.7. The SMILES string of the molecule is Cc1oc(Br)cc1C(=O)Nc1nncs1. The maximum Gasteiger partial charge on any atom is 0.261 e. The summed E-state index contributed by atoms with van der Waals surface area (Å²) in [6.45, 7) is 1.72. The molecule has 5 nitrogen and oxygen atoms in total. The van der Waals surface area contributed by atoms with Gasteiger partial charge in [0.2, 0.25) is 5.13 Å². The van der Waals surface area contributed by atoms with Crippen LogP contribution in [0.1, 0.15) is 16.1 Å². The van der Waals surface area contributed by atoms with Gasteiger partial charge in [-0.3, -0.25) is 10.1 Å². The van der Waals surface area contributed by atoms with E-state index in [1.165, 1.54) is 11.3 Å². The van der Waals surface area contributed by atoms with E-state index in [0.717, 1.165) is 0 Å². The van der Waals surface area contributed by atoms with Gasteiger partial charge in [-0.05, 0) is 22.9 Å². The van der Waals surface area contributed by atoms with Gasteiger partial charge in [-0.1, -0.05) is 11.3 Å². The zero-order valence-electron chi connectivity index (χ0n) is 7.65. The van der Waals surface area contributed by atoms with Gasteiger partial charge in [-0.2, -0.15) is 0 Å². The van der Waals surface area contributed by atoms with Crippen molar-refractivity contribution in [1.82, 2.24) is 10.2 Å². The molecule has 78 valence electrons. The van der Waals surface area contributed by atoms with Crippen LogP contribution in [0.2, 0.25) is 0 Å². The Balaban J connectivity index is 2.18. The molecule has 0 saturated heterocycles. The topological polar surface area (TPSA) is 68.0 Å². The van der Waals surface area contributed by atoms with Gasteiger partial charge in [0.1, 0.15) is 11.3 Å². The highest BCUT2D eigenvalue weighted by Gasteiger charge is 2.14. The molecule has 1 N–H and O–H groups in total. The second-order valence-electron chi connectivity index (χ2n) is 2.72. The van der Waals surface area contributed by atoms with Crippen molar-refractivity contribution in [3.8, 4) is 0 Å². The monoisotopic (exact) mass is 287 g/mol. The number of aromatic nitrogens is 2. The number of amides is 1. The Morgan fingerprint density at radius 1 is 1.67 bits per heavy atom. The number of halogens is 1. The predicted molar refractivity (Wildman–Crippen MR) is 59.0 cm³/mol. The van der Waals surface area contributed by atoms with Crippen LogP contribution in [-0.4, -0.2) is 16.1 Å². The maximum atomic E-state index is 11.7. The van der Waals surface area contributed by atoms with Gasteiger partial charge in [-0.25, -0.2) is 0 Å². The molecule has 0 atom stereocenters. The molecule has 2 heterocycles. The number of aryl methyl sites for hydroxylation is 1. The number of furan rings is 1. The van der Waals surface area contributed by atoms with Crippen LogP contribution in [0.25, 0.3) is 0 Å². The van der Waals surface area contributed by atoms with E-state index in [1.54, 1.807) is 18.5 Å². The van der Waals surface area contributed by atoms with E-state index in [9.17, 15) is 4.79 Å². The zero-order valence-corrected chi connectivity index (χ0v) is 10.1. The third kappa shape index (κ3) is 2.24. The summed E-state index contributed by atoms with van der Waals surface area (Å²) in [5, 5.41) is 10.4. The number of nitrogens with zero attached hydrogens (tertiary/aromatic N) is 2. The Hall–Kier alpha value is -1.21. The van der Waals surface area contributed by atoms with Crippen LogP contribution in [0.4, 0.5) is 5.13 Å². The minimum absolute atomic E-state index is 0.251. The molecule has 7 heteroatoms. The van der Waals surface area contributed by atoms with Gasteiger partial charge in [-0.15, -0.1) is 10.2 Å². The molecular weight excluding hydrogens is 282 g/mol. The molecule has 0 fully saturated rings. The Kier molecular flexibility index (Phi) is 2.83. The number of hydrogen-bond acceptors (Lipinski definition) is 5. The number of carbonyl (C=O) groups is 1. The molecule has 0 unspecified atom stereocenters. The van der Waals surface area contributed by atoms with Crippen LogP contribution in [0.15, 0.2) is 20.7 Å². The van der Waals surface area contributed by atoms with E-state index >= 15 is 0 Å². The standard InChI is InChI=1S/C8H6BrN3O2S/c1-4-5(2-6(9)14-4)7(13)11-8-12-10-3-15-8/h2-3H,1H3,(H,11,12,13). The quantitative estimate of drug-likeness (QED) is 0.921. The van der Waals surface area contributed by atoms with Gasteiger partial charge >= 0.3 is 0 Å². The normalized spacial score (nSPS) is 10.3. The molecule has 2 aromatic rings. The molecular formula is C8H6BrN3O2S. The average molecular weight is 288 g/mol. The summed E-state index contributed by atoms with van der Waals surface area (Å²) in [5.41, 5.74) is 2.03. The third-order valence-electron chi connectivity index (χ3n) is 1.71. The van der Waals surface area contributed by atoms with Crippen LogP contribution in [0, 0.1) is 6.92 Å². The molecule has 0 spiro atoms. The predicted octanol–water partition coefficient (Wildman–Crippen LogP) is 2.45. The van der Waals surface area contributed by atoms with E-state index in [1.807, 2.05) is 0 Å². The third-order valence-corrected chi connectivity index (χ3v) is 2.71. The highest BCUT2D eigenvalue weighted by molar-refractivity contribution is 9.10. The first-order valence-corrected chi connectivity index (χ1v) is 5.67. The van der Waals surface area contributed by atoms with E-state index in [4.69, 9.17) is 4.42 Å². The first-order chi connectivity index (χ1) is 7.16. The number of carbonyl (C=O) groups excluding carboxylic acids is 1. The Morgan fingerprint density at radius 2 is 2.47 bits per heavy atom. The average Bonchev–Trinajstić information content (AvgIpc) is 2.75. The molecule has 0 bridgehead atoms. The minimum Gasteiger partial charge on any atom is -0.454 e. The Bertz CT molecular complexity index is 480. The molecule has 0 aliphatic heterocycles. The summed E-state index contributed by atoms with van der Waals surface area (Å²) in [4.78, 5) is 11.7. The number of nitrogens with one attached hydrogen (secondary N) is 1. The summed E-state index contributed by atoms with van der Waals surface area (Å²) in [6, 6.07) is 1.62. The summed E-state index contributed by atoms with van der Waals surface area (Å²) in [7, 11) is 0. The van der Waals surface area contributed by atoms with Gasteiger partial charge < -0.3 is 4.42 Å². The fraction of sp³-hybridized carbons (Fsp3) is 0.125. The van der Waals surface area contributed by atoms with Crippen molar-refractivity contribution in [2.45, 2.75) is 6.92 Å². The van der Waals surface area contributed by atoms with Crippen LogP contribution < -0.4 is 5.32 Å². The summed E-state index contributed by atoms with van der Waals surface area (Å²) in [5.74, 6) is 0.308. The van der Waals surface area contributed by atoms with Crippen molar-refractivity contribution in [1.29, 1.82) is 0 Å². The van der Waals surface area contributed by atoms with E-state index in [2.05, 4.69) is 31.4 Å². The fourth-order valence-corrected chi connectivity index (χ4v) is 1.97. The van der Waals surface area contributed by atoms with Gasteiger partial charge in [0.15, 0.2) is 4.67 Å². The number of anilines is 1. The molecule has 2 rings (SSSR count). The highest BCUT2D eigenvalue weighted by atomic mass is 79.9. The minimum atomic E-state index is -0.251. The molecule has 0 saturated carbocycles. The molecule has 0 aliphatic carbocycles. The van der Waals surface area contributed by atoms with Crippen LogP contribution in [-0.2, 0) is 0 Å². The van der Waals surface area contributed by atoms with Crippen molar-refractivity contribution < 1.29 is 9.21 Å². The first kappa shape index (κ1) is 10.3. The van der Waals surface area contributed by atoms with Crippen molar-refractivity contribution >= 4 is 38.3 Å². The van der Waals surface area contributed by atoms with Crippen LogP contribution >= 0.6 is 27.3 Å². The summed E-state index contributed by atoms with van der Waals surface area (Å²) >= 11 is 4.42. The smallest absolute Gasteiger partial charge is 0.261 e.